The number of carbonyl (C=O) groups excluding carboxylic acids is 2. The fourth-order valence-electron chi connectivity index (χ4n) is 1.41. The van der Waals surface area contributed by atoms with Crippen LogP contribution in [0.15, 0.2) is 36.9 Å². The van der Waals surface area contributed by atoms with Gasteiger partial charge in [-0.15, -0.1) is 6.58 Å². The van der Waals surface area contributed by atoms with Crippen molar-refractivity contribution in [3.63, 3.8) is 0 Å². The first kappa shape index (κ1) is 14.9. The highest BCUT2D eigenvalue weighted by molar-refractivity contribution is 6.30. The maximum atomic E-state index is 11.8. The lowest BCUT2D eigenvalue weighted by molar-refractivity contribution is -0.128. The van der Waals surface area contributed by atoms with E-state index in [-0.39, 0.29) is 6.42 Å². The molecule has 0 aromatic heterocycles. The number of carbonyl (C=O) groups is 2. The van der Waals surface area contributed by atoms with E-state index in [0.29, 0.717) is 17.1 Å². The van der Waals surface area contributed by atoms with Gasteiger partial charge in [0, 0.05) is 17.1 Å². The van der Waals surface area contributed by atoms with Crippen molar-refractivity contribution in [3.8, 4) is 6.07 Å². The molecule has 0 aliphatic rings. The van der Waals surface area contributed by atoms with E-state index in [4.69, 9.17) is 16.9 Å². The van der Waals surface area contributed by atoms with Crippen LogP contribution in [-0.2, 0) is 9.59 Å². The first-order chi connectivity index (χ1) is 9.08. The molecule has 1 rings (SSSR count). The van der Waals surface area contributed by atoms with E-state index in [0.717, 1.165) is 0 Å². The van der Waals surface area contributed by atoms with E-state index in [1.54, 1.807) is 36.4 Å². The monoisotopic (exact) mass is 276 g/mol. The number of Topliss-reactive ketones (excluding diaryl/α,β-unsaturated/α-hetero) is 1. The average Bonchev–Trinajstić information content (AvgIpc) is 2.40. The van der Waals surface area contributed by atoms with E-state index in [9.17, 15) is 9.59 Å². The van der Waals surface area contributed by atoms with Crippen LogP contribution in [0.5, 0.6) is 0 Å². The average molecular weight is 277 g/mol. The molecular formula is C14H13ClN2O2. The Morgan fingerprint density at radius 3 is 2.58 bits per heavy atom. The smallest absolute Gasteiger partial charge is 0.249 e. The predicted octanol–water partition coefficient (Wildman–Crippen LogP) is 2.95. The molecule has 0 spiro atoms. The summed E-state index contributed by atoms with van der Waals surface area (Å²) in [6, 6.07) is 8.14. The lowest BCUT2D eigenvalue weighted by Gasteiger charge is -2.09. The lowest BCUT2D eigenvalue weighted by atomic mass is 10.0. The number of benzene rings is 1. The second-order valence-electron chi connectivity index (χ2n) is 3.85. The second kappa shape index (κ2) is 7.34. The SMILES string of the molecule is C=CCCC(=O)C(C#N)C(=O)Nc1ccc(Cl)cc1. The third-order valence-electron chi connectivity index (χ3n) is 2.42. The minimum Gasteiger partial charge on any atom is -0.325 e. The number of nitrogens with zero attached hydrogens (tertiary/aromatic N) is 1. The van der Waals surface area contributed by atoms with Crippen LogP contribution in [0, 0.1) is 17.2 Å². The molecule has 98 valence electrons. The van der Waals surface area contributed by atoms with Gasteiger partial charge < -0.3 is 5.32 Å². The van der Waals surface area contributed by atoms with E-state index in [2.05, 4.69) is 11.9 Å². The normalized spacial score (nSPS) is 11.2. The van der Waals surface area contributed by atoms with Crippen LogP contribution in [-0.4, -0.2) is 11.7 Å². The molecule has 1 N–H and O–H groups in total. The minimum atomic E-state index is -1.30. The number of ketones is 1. The molecule has 0 bridgehead atoms. The van der Waals surface area contributed by atoms with Gasteiger partial charge >= 0.3 is 0 Å². The molecule has 4 nitrogen and oxygen atoms in total. The molecular weight excluding hydrogens is 264 g/mol. The third kappa shape index (κ3) is 4.57. The Bertz CT molecular complexity index is 517. The maximum absolute atomic E-state index is 11.8. The van der Waals surface area contributed by atoms with Gasteiger partial charge in [0.15, 0.2) is 11.7 Å². The largest absolute Gasteiger partial charge is 0.325 e. The van der Waals surface area contributed by atoms with E-state index in [1.165, 1.54) is 0 Å². The van der Waals surface area contributed by atoms with Crippen molar-refractivity contribution in [2.24, 2.45) is 5.92 Å². The van der Waals surface area contributed by atoms with E-state index < -0.39 is 17.6 Å². The molecule has 1 aromatic rings. The summed E-state index contributed by atoms with van der Waals surface area (Å²) >= 11 is 5.72. The Labute approximate surface area is 116 Å². The lowest BCUT2D eigenvalue weighted by Crippen LogP contribution is -2.28. The third-order valence-corrected chi connectivity index (χ3v) is 2.67. The summed E-state index contributed by atoms with van der Waals surface area (Å²) in [7, 11) is 0. The number of rotatable bonds is 6. The molecule has 1 amide bonds. The highest BCUT2D eigenvalue weighted by atomic mass is 35.5. The highest BCUT2D eigenvalue weighted by Gasteiger charge is 2.25. The van der Waals surface area contributed by atoms with Crippen molar-refractivity contribution in [1.82, 2.24) is 0 Å². The van der Waals surface area contributed by atoms with Crippen molar-refractivity contribution in [1.29, 1.82) is 5.26 Å². The van der Waals surface area contributed by atoms with Gasteiger partial charge in [-0.05, 0) is 30.7 Å². The van der Waals surface area contributed by atoms with Gasteiger partial charge in [0.25, 0.3) is 0 Å². The number of allylic oxidation sites excluding steroid dienone is 1. The first-order valence-corrected chi connectivity index (χ1v) is 6.06. The summed E-state index contributed by atoms with van der Waals surface area (Å²) in [5, 5.41) is 12.0. The topological polar surface area (TPSA) is 70.0 Å². The minimum absolute atomic E-state index is 0.135. The van der Waals surface area contributed by atoms with Gasteiger partial charge in [-0.3, -0.25) is 9.59 Å². The Hall–Kier alpha value is -2.12. The van der Waals surface area contributed by atoms with E-state index >= 15 is 0 Å². The Morgan fingerprint density at radius 2 is 2.05 bits per heavy atom. The van der Waals surface area contributed by atoms with Gasteiger partial charge in [0.1, 0.15) is 0 Å². The summed E-state index contributed by atoms with van der Waals surface area (Å²) < 4.78 is 0. The zero-order valence-electron chi connectivity index (χ0n) is 10.2. The molecule has 19 heavy (non-hydrogen) atoms. The van der Waals surface area contributed by atoms with E-state index in [1.807, 2.05) is 0 Å². The van der Waals surface area contributed by atoms with Crippen molar-refractivity contribution in [2.45, 2.75) is 12.8 Å². The molecule has 0 heterocycles. The number of amides is 1. The van der Waals surface area contributed by atoms with Crippen LogP contribution in [0.2, 0.25) is 5.02 Å². The zero-order valence-corrected chi connectivity index (χ0v) is 11.0. The number of hydrogen-bond acceptors (Lipinski definition) is 3. The molecule has 1 atom stereocenters. The standard InChI is InChI=1S/C14H13ClN2O2/c1-2-3-4-13(18)12(9-16)14(19)17-11-7-5-10(15)6-8-11/h2,5-8,12H,1,3-4H2,(H,17,19). The van der Waals surface area contributed by atoms with Crippen molar-refractivity contribution < 1.29 is 9.59 Å². The molecule has 0 aliphatic carbocycles. The van der Waals surface area contributed by atoms with Crippen LogP contribution in [0.4, 0.5) is 5.69 Å². The molecule has 1 unspecified atom stereocenters. The second-order valence-corrected chi connectivity index (χ2v) is 4.29. The zero-order chi connectivity index (χ0) is 14.3. The van der Waals surface area contributed by atoms with Gasteiger partial charge in [-0.25, -0.2) is 0 Å². The molecule has 0 saturated heterocycles. The van der Waals surface area contributed by atoms with Crippen molar-refractivity contribution in [2.75, 3.05) is 5.32 Å². The molecule has 0 aliphatic heterocycles. The Kier molecular flexibility index (Phi) is 5.77. The van der Waals surface area contributed by atoms with Gasteiger partial charge in [0.05, 0.1) is 6.07 Å². The van der Waals surface area contributed by atoms with Crippen LogP contribution < -0.4 is 5.32 Å². The molecule has 0 saturated carbocycles. The van der Waals surface area contributed by atoms with Gasteiger partial charge in [-0.2, -0.15) is 5.26 Å². The van der Waals surface area contributed by atoms with Crippen molar-refractivity contribution in [3.05, 3.63) is 41.9 Å². The highest BCUT2D eigenvalue weighted by Crippen LogP contribution is 2.15. The number of anilines is 1. The predicted molar refractivity (Wildman–Crippen MR) is 73.6 cm³/mol. The summed E-state index contributed by atoms with van der Waals surface area (Å²) in [6.07, 6.45) is 2.16. The van der Waals surface area contributed by atoms with Crippen LogP contribution in [0.1, 0.15) is 12.8 Å². The number of nitriles is 1. The summed E-state index contributed by atoms with van der Waals surface area (Å²) in [5.41, 5.74) is 0.492. The number of nitrogens with one attached hydrogen (secondary N) is 1. The van der Waals surface area contributed by atoms with Crippen molar-refractivity contribution >= 4 is 29.0 Å². The summed E-state index contributed by atoms with van der Waals surface area (Å²) in [6.45, 7) is 3.49. The Morgan fingerprint density at radius 1 is 1.42 bits per heavy atom. The van der Waals surface area contributed by atoms with Gasteiger partial charge in [-0.1, -0.05) is 17.7 Å². The van der Waals surface area contributed by atoms with Crippen LogP contribution >= 0.6 is 11.6 Å². The van der Waals surface area contributed by atoms with Crippen LogP contribution in [0.3, 0.4) is 0 Å². The fourth-order valence-corrected chi connectivity index (χ4v) is 1.54. The number of halogens is 1. The number of hydrogen-bond donors (Lipinski definition) is 1. The summed E-state index contributed by atoms with van der Waals surface area (Å²) in [4.78, 5) is 23.5. The van der Waals surface area contributed by atoms with Crippen LogP contribution in [0.25, 0.3) is 0 Å². The quantitative estimate of drug-likeness (QED) is 0.641. The Balaban J connectivity index is 2.69. The molecule has 0 radical (unpaired) electrons. The molecule has 5 heteroatoms. The fraction of sp³-hybridized carbons (Fsp3) is 0.214. The maximum Gasteiger partial charge on any atom is 0.249 e. The van der Waals surface area contributed by atoms with Gasteiger partial charge in [0.2, 0.25) is 5.91 Å². The molecule has 0 fully saturated rings. The molecule has 1 aromatic carbocycles. The summed E-state index contributed by atoms with van der Waals surface area (Å²) in [5.74, 6) is -2.33. The first-order valence-electron chi connectivity index (χ1n) is 5.68.